The van der Waals surface area contributed by atoms with Gasteiger partial charge in [-0.2, -0.15) is 0 Å². The molecule has 0 aliphatic heterocycles. The van der Waals surface area contributed by atoms with Gasteiger partial charge in [0, 0.05) is 17.3 Å². The molecule has 0 aliphatic rings. The first-order chi connectivity index (χ1) is 9.70. The highest BCUT2D eigenvalue weighted by Crippen LogP contribution is 2.22. The van der Waals surface area contributed by atoms with Crippen molar-refractivity contribution in [2.45, 2.75) is 6.92 Å². The lowest BCUT2D eigenvalue weighted by molar-refractivity contribution is 0.578. The minimum absolute atomic E-state index is 0.503. The summed E-state index contributed by atoms with van der Waals surface area (Å²) in [6.45, 7) is 1.93. The van der Waals surface area contributed by atoms with E-state index < -0.39 is 0 Å². The van der Waals surface area contributed by atoms with E-state index in [1.807, 2.05) is 49.4 Å². The molecule has 0 saturated carbocycles. The molecule has 0 radical (unpaired) electrons. The molecule has 2 N–H and O–H groups in total. The van der Waals surface area contributed by atoms with Crippen molar-refractivity contribution in [3.63, 3.8) is 0 Å². The van der Waals surface area contributed by atoms with Crippen molar-refractivity contribution in [3.05, 3.63) is 54.4 Å². The molecule has 3 aromatic rings. The molecule has 0 saturated heterocycles. The Hall–Kier alpha value is -2.40. The van der Waals surface area contributed by atoms with E-state index in [1.165, 1.54) is 0 Å². The molecule has 2 heterocycles. The van der Waals surface area contributed by atoms with Crippen LogP contribution in [0.1, 0.15) is 5.76 Å². The maximum Gasteiger partial charge on any atom is 0.176 e. The Kier molecular flexibility index (Phi) is 3.35. The van der Waals surface area contributed by atoms with Crippen LogP contribution in [0.5, 0.6) is 0 Å². The van der Waals surface area contributed by atoms with Gasteiger partial charge in [0.25, 0.3) is 0 Å². The summed E-state index contributed by atoms with van der Waals surface area (Å²) in [5.41, 5.74) is 1.78. The molecule has 2 aromatic heterocycles. The van der Waals surface area contributed by atoms with Crippen LogP contribution in [0.25, 0.3) is 11.0 Å². The first-order valence-electron chi connectivity index (χ1n) is 6.20. The lowest BCUT2D eigenvalue weighted by atomic mass is 10.2. The summed E-state index contributed by atoms with van der Waals surface area (Å²) in [6, 6.07) is 13.5. The molecule has 0 spiro atoms. The fourth-order valence-electron chi connectivity index (χ4n) is 1.97. The van der Waals surface area contributed by atoms with Crippen LogP contribution < -0.4 is 10.6 Å². The number of pyridine rings is 1. The molecule has 3 rings (SSSR count). The highest BCUT2D eigenvalue weighted by atomic mass is 32.1. The molecule has 0 fully saturated rings. The summed E-state index contributed by atoms with van der Waals surface area (Å²) in [5.74, 6) is 1.61. The number of thiocarbonyl (C=S) groups is 1. The van der Waals surface area contributed by atoms with Crippen molar-refractivity contribution in [3.8, 4) is 0 Å². The van der Waals surface area contributed by atoms with Crippen molar-refractivity contribution >= 4 is 39.8 Å². The number of aromatic nitrogens is 1. The van der Waals surface area contributed by atoms with Crippen LogP contribution in [-0.2, 0) is 0 Å². The Morgan fingerprint density at radius 1 is 1.15 bits per heavy atom. The molecule has 4 nitrogen and oxygen atoms in total. The number of furan rings is 1. The van der Waals surface area contributed by atoms with E-state index in [1.54, 1.807) is 6.20 Å². The molecule has 0 bridgehead atoms. The third kappa shape index (κ3) is 2.78. The van der Waals surface area contributed by atoms with Crippen LogP contribution in [0, 0.1) is 6.92 Å². The number of hydrogen-bond acceptors (Lipinski definition) is 3. The van der Waals surface area contributed by atoms with Gasteiger partial charge in [-0.3, -0.25) is 0 Å². The van der Waals surface area contributed by atoms with Crippen LogP contribution in [0.4, 0.5) is 11.5 Å². The van der Waals surface area contributed by atoms with Crippen molar-refractivity contribution in [1.82, 2.24) is 4.98 Å². The zero-order chi connectivity index (χ0) is 13.9. The number of benzene rings is 1. The third-order valence-corrected chi connectivity index (χ3v) is 3.01. The number of nitrogens with one attached hydrogen (secondary N) is 2. The van der Waals surface area contributed by atoms with Crippen molar-refractivity contribution in [2.24, 2.45) is 0 Å². The fraction of sp³-hybridized carbons (Fsp3) is 0.0667. The Balaban J connectivity index is 1.74. The minimum atomic E-state index is 0.503. The Labute approximate surface area is 121 Å². The van der Waals surface area contributed by atoms with Gasteiger partial charge in [0.05, 0.1) is 0 Å². The summed E-state index contributed by atoms with van der Waals surface area (Å²) in [7, 11) is 0. The molecule has 0 unspecified atom stereocenters. The molecule has 1 aromatic carbocycles. The second-order valence-electron chi connectivity index (χ2n) is 4.40. The number of fused-ring (bicyclic) bond motifs is 1. The van der Waals surface area contributed by atoms with Crippen molar-refractivity contribution in [2.75, 3.05) is 10.6 Å². The van der Waals surface area contributed by atoms with Gasteiger partial charge in [-0.15, -0.1) is 0 Å². The van der Waals surface area contributed by atoms with E-state index in [4.69, 9.17) is 16.6 Å². The first-order valence-corrected chi connectivity index (χ1v) is 6.61. The van der Waals surface area contributed by atoms with Crippen LogP contribution >= 0.6 is 12.2 Å². The van der Waals surface area contributed by atoms with E-state index in [2.05, 4.69) is 15.6 Å². The molecule has 20 heavy (non-hydrogen) atoms. The number of nitrogens with zero attached hydrogens (tertiary/aromatic N) is 1. The Morgan fingerprint density at radius 2 is 2.05 bits per heavy atom. The van der Waals surface area contributed by atoms with Crippen molar-refractivity contribution < 1.29 is 4.42 Å². The number of aryl methyl sites for hydroxylation is 1. The summed E-state index contributed by atoms with van der Waals surface area (Å²) in [5, 5.41) is 7.71. The van der Waals surface area contributed by atoms with E-state index in [9.17, 15) is 0 Å². The van der Waals surface area contributed by atoms with Gasteiger partial charge in [0.15, 0.2) is 5.11 Å². The first kappa shape index (κ1) is 12.6. The molecule has 5 heteroatoms. The van der Waals surface area contributed by atoms with Crippen molar-refractivity contribution in [1.29, 1.82) is 0 Å². The summed E-state index contributed by atoms with van der Waals surface area (Å²) < 4.78 is 5.54. The van der Waals surface area contributed by atoms with Gasteiger partial charge in [-0.05, 0) is 55.5 Å². The van der Waals surface area contributed by atoms with Crippen LogP contribution in [-0.4, -0.2) is 10.1 Å². The van der Waals surface area contributed by atoms with Gasteiger partial charge < -0.3 is 15.1 Å². The second kappa shape index (κ2) is 5.30. The molecule has 0 amide bonds. The highest BCUT2D eigenvalue weighted by Gasteiger charge is 2.03. The zero-order valence-corrected chi connectivity index (χ0v) is 11.7. The van der Waals surface area contributed by atoms with Gasteiger partial charge in [0.2, 0.25) is 0 Å². The van der Waals surface area contributed by atoms with Crippen LogP contribution in [0.15, 0.2) is 53.1 Å². The lowest BCUT2D eigenvalue weighted by Crippen LogP contribution is -2.19. The third-order valence-electron chi connectivity index (χ3n) is 2.80. The quantitative estimate of drug-likeness (QED) is 0.697. The Bertz CT molecular complexity index is 752. The molecular formula is C15H13N3OS. The van der Waals surface area contributed by atoms with E-state index in [0.717, 1.165) is 22.4 Å². The normalized spacial score (nSPS) is 10.4. The van der Waals surface area contributed by atoms with E-state index in [-0.39, 0.29) is 0 Å². The van der Waals surface area contributed by atoms with E-state index >= 15 is 0 Å². The largest absolute Gasteiger partial charge is 0.461 e. The molecule has 0 aliphatic carbocycles. The number of hydrogen-bond donors (Lipinski definition) is 2. The second-order valence-corrected chi connectivity index (χ2v) is 4.81. The summed E-state index contributed by atoms with van der Waals surface area (Å²) in [4.78, 5) is 4.16. The molecular weight excluding hydrogens is 270 g/mol. The fourth-order valence-corrected chi connectivity index (χ4v) is 2.19. The van der Waals surface area contributed by atoms with Crippen LogP contribution in [0.3, 0.4) is 0 Å². The standard InChI is InChI=1S/C15H13N3OS/c1-10-8-11-9-12(5-6-13(11)19-10)17-15(20)18-14-4-2-3-7-16-14/h2-9H,1H3,(H2,16,17,18,20). The maximum absolute atomic E-state index is 5.54. The maximum atomic E-state index is 5.54. The van der Waals surface area contributed by atoms with Gasteiger partial charge in [-0.1, -0.05) is 6.07 Å². The van der Waals surface area contributed by atoms with Gasteiger partial charge >= 0.3 is 0 Å². The smallest absolute Gasteiger partial charge is 0.176 e. The average molecular weight is 283 g/mol. The minimum Gasteiger partial charge on any atom is -0.461 e. The predicted octanol–water partition coefficient (Wildman–Crippen LogP) is 3.95. The Morgan fingerprint density at radius 3 is 2.85 bits per heavy atom. The van der Waals surface area contributed by atoms with Crippen LogP contribution in [0.2, 0.25) is 0 Å². The predicted molar refractivity (Wildman–Crippen MR) is 85.0 cm³/mol. The molecule has 100 valence electrons. The SMILES string of the molecule is Cc1cc2cc(NC(=S)Nc3ccccn3)ccc2o1. The number of anilines is 2. The lowest BCUT2D eigenvalue weighted by Gasteiger charge is -2.09. The summed E-state index contributed by atoms with van der Waals surface area (Å²) in [6.07, 6.45) is 1.71. The zero-order valence-electron chi connectivity index (χ0n) is 10.9. The van der Waals surface area contributed by atoms with Gasteiger partial charge in [0.1, 0.15) is 17.2 Å². The molecule has 0 atom stereocenters. The topological polar surface area (TPSA) is 50.1 Å². The highest BCUT2D eigenvalue weighted by molar-refractivity contribution is 7.80. The van der Waals surface area contributed by atoms with Gasteiger partial charge in [-0.25, -0.2) is 4.98 Å². The number of rotatable bonds is 2. The summed E-state index contributed by atoms with van der Waals surface area (Å²) >= 11 is 5.26. The monoisotopic (exact) mass is 283 g/mol. The van der Waals surface area contributed by atoms with E-state index in [0.29, 0.717) is 10.9 Å². The average Bonchev–Trinajstić information content (AvgIpc) is 2.79.